The minimum absolute atomic E-state index is 1.17. The van der Waals surface area contributed by atoms with E-state index in [0.29, 0.717) is 0 Å². The minimum atomic E-state index is 1.17. The van der Waals surface area contributed by atoms with Gasteiger partial charge in [-0.2, -0.15) is 0 Å². The third kappa shape index (κ3) is 0.843. The number of hydrogen-bond donors (Lipinski definition) is 0. The van der Waals surface area contributed by atoms with E-state index in [4.69, 9.17) is 0 Å². The Bertz CT molecular complexity index is 381. The van der Waals surface area contributed by atoms with Gasteiger partial charge in [-0.1, -0.05) is 6.42 Å². The van der Waals surface area contributed by atoms with Gasteiger partial charge in [-0.3, -0.25) is 0 Å². The molecule has 0 spiro atoms. The predicted octanol–water partition coefficient (Wildman–Crippen LogP) is 3.96. The molecule has 0 aromatic heterocycles. The second-order valence-electron chi connectivity index (χ2n) is 8.62. The standard InChI is InChI=1S/C17H24/c1-2-9-5-12-13-6-10-3-8(1)4-11(9)17-14(12)7-15(17)16(10)13/h8-17H,1-7H2/t8?,9?,10?,11?,12-,13?,14?,15?,16?,17?/m0/s1. The average Bonchev–Trinajstić information content (AvgIpc) is 2.29. The van der Waals surface area contributed by atoms with Crippen molar-refractivity contribution in [2.75, 3.05) is 0 Å². The van der Waals surface area contributed by atoms with Gasteiger partial charge in [0.05, 0.1) is 0 Å². The van der Waals surface area contributed by atoms with Crippen LogP contribution in [0.4, 0.5) is 0 Å². The van der Waals surface area contributed by atoms with Gasteiger partial charge >= 0.3 is 0 Å². The fourth-order valence-corrected chi connectivity index (χ4v) is 8.24. The maximum atomic E-state index is 1.68. The molecule has 6 aliphatic carbocycles. The molecule has 6 fully saturated rings. The summed E-state index contributed by atoms with van der Waals surface area (Å²) in [4.78, 5) is 0. The molecular weight excluding hydrogens is 204 g/mol. The van der Waals surface area contributed by atoms with Crippen molar-refractivity contribution < 1.29 is 0 Å². The molecule has 0 aromatic rings. The van der Waals surface area contributed by atoms with E-state index < -0.39 is 0 Å². The Morgan fingerprint density at radius 2 is 1.35 bits per heavy atom. The van der Waals surface area contributed by atoms with Gasteiger partial charge in [0, 0.05) is 0 Å². The van der Waals surface area contributed by atoms with Crippen LogP contribution in [0.1, 0.15) is 44.9 Å². The molecule has 0 amide bonds. The zero-order valence-electron chi connectivity index (χ0n) is 10.7. The van der Waals surface area contributed by atoms with Gasteiger partial charge in [0.25, 0.3) is 0 Å². The van der Waals surface area contributed by atoms with E-state index in [0.717, 1.165) is 0 Å². The highest BCUT2D eigenvalue weighted by atomic mass is 14.7. The lowest BCUT2D eigenvalue weighted by Gasteiger charge is -2.75. The van der Waals surface area contributed by atoms with Gasteiger partial charge < -0.3 is 0 Å². The lowest BCUT2D eigenvalue weighted by atomic mass is 9.30. The van der Waals surface area contributed by atoms with Crippen LogP contribution in [0.3, 0.4) is 0 Å². The van der Waals surface area contributed by atoms with Crippen molar-refractivity contribution in [3.05, 3.63) is 0 Å². The molecule has 92 valence electrons. The van der Waals surface area contributed by atoms with Crippen molar-refractivity contribution in [3.8, 4) is 0 Å². The Kier molecular flexibility index (Phi) is 1.39. The van der Waals surface area contributed by atoms with Crippen LogP contribution in [0.5, 0.6) is 0 Å². The Labute approximate surface area is 105 Å². The van der Waals surface area contributed by atoms with Crippen LogP contribution >= 0.6 is 0 Å². The van der Waals surface area contributed by atoms with Gasteiger partial charge in [0.1, 0.15) is 0 Å². The van der Waals surface area contributed by atoms with Gasteiger partial charge in [-0.05, 0) is 97.7 Å². The number of hydrogen-bond acceptors (Lipinski definition) is 0. The summed E-state index contributed by atoms with van der Waals surface area (Å²) in [7, 11) is 0. The molecule has 17 heavy (non-hydrogen) atoms. The van der Waals surface area contributed by atoms with Crippen molar-refractivity contribution in [2.24, 2.45) is 59.2 Å². The van der Waals surface area contributed by atoms with Crippen LogP contribution < -0.4 is 0 Å². The van der Waals surface area contributed by atoms with E-state index in [1.54, 1.807) is 44.9 Å². The van der Waals surface area contributed by atoms with E-state index >= 15 is 0 Å². The zero-order chi connectivity index (χ0) is 10.7. The first kappa shape index (κ1) is 8.99. The summed E-state index contributed by atoms with van der Waals surface area (Å²) in [6, 6.07) is 0. The first-order chi connectivity index (χ1) is 8.40. The molecule has 0 heteroatoms. The molecule has 9 unspecified atom stereocenters. The van der Waals surface area contributed by atoms with Crippen molar-refractivity contribution >= 4 is 0 Å². The first-order valence-corrected chi connectivity index (χ1v) is 8.40. The third-order valence-corrected chi connectivity index (χ3v) is 8.60. The average molecular weight is 228 g/mol. The van der Waals surface area contributed by atoms with E-state index in [9.17, 15) is 0 Å². The highest BCUT2D eigenvalue weighted by molar-refractivity contribution is 5.17. The number of rotatable bonds is 0. The van der Waals surface area contributed by atoms with Crippen molar-refractivity contribution in [2.45, 2.75) is 44.9 Å². The molecule has 0 aromatic carbocycles. The van der Waals surface area contributed by atoms with Crippen LogP contribution in [0.15, 0.2) is 0 Å². The zero-order valence-corrected chi connectivity index (χ0v) is 10.7. The summed E-state index contributed by atoms with van der Waals surface area (Å²) in [5, 5.41) is 0. The lowest BCUT2D eigenvalue weighted by Crippen LogP contribution is -2.68. The monoisotopic (exact) mass is 228 g/mol. The molecule has 6 rings (SSSR count). The second kappa shape index (κ2) is 2.63. The molecule has 0 heterocycles. The SMILES string of the molecule is C1CC2C[C@H]3C4CC5CC1CC2C1C(CC13)C54. The summed E-state index contributed by atoms with van der Waals surface area (Å²) in [5.74, 6) is 12.2. The quantitative estimate of drug-likeness (QED) is 0.588. The summed E-state index contributed by atoms with van der Waals surface area (Å²) in [6.07, 6.45) is 11.6. The van der Waals surface area contributed by atoms with Gasteiger partial charge in [-0.25, -0.2) is 0 Å². The van der Waals surface area contributed by atoms with Gasteiger partial charge in [-0.15, -0.1) is 0 Å². The van der Waals surface area contributed by atoms with E-state index in [-0.39, 0.29) is 0 Å². The van der Waals surface area contributed by atoms with Crippen LogP contribution in [0, 0.1) is 59.2 Å². The highest BCUT2D eigenvalue weighted by Crippen LogP contribution is 2.75. The first-order valence-electron chi connectivity index (χ1n) is 8.40. The predicted molar refractivity (Wildman–Crippen MR) is 67.2 cm³/mol. The molecule has 0 radical (unpaired) electrons. The Balaban J connectivity index is 1.53. The Morgan fingerprint density at radius 1 is 0.471 bits per heavy atom. The van der Waals surface area contributed by atoms with Gasteiger partial charge in [0.15, 0.2) is 0 Å². The second-order valence-corrected chi connectivity index (χ2v) is 8.62. The highest BCUT2D eigenvalue weighted by Gasteiger charge is 2.69. The van der Waals surface area contributed by atoms with Crippen molar-refractivity contribution in [3.63, 3.8) is 0 Å². The van der Waals surface area contributed by atoms with Crippen LogP contribution in [0.25, 0.3) is 0 Å². The maximum absolute atomic E-state index is 1.68. The largest absolute Gasteiger partial charge is 0.0502 e. The maximum Gasteiger partial charge on any atom is -0.0320 e. The molecule has 6 saturated carbocycles. The summed E-state index contributed by atoms with van der Waals surface area (Å²) >= 11 is 0. The number of fused-ring (bicyclic) bond motifs is 2. The molecule has 7 bridgehead atoms. The third-order valence-electron chi connectivity index (χ3n) is 8.60. The molecule has 10 atom stereocenters. The van der Waals surface area contributed by atoms with E-state index in [2.05, 4.69) is 0 Å². The summed E-state index contributed by atoms with van der Waals surface area (Å²) in [5.41, 5.74) is 0. The molecule has 0 saturated heterocycles. The topological polar surface area (TPSA) is 0 Å². The fraction of sp³-hybridized carbons (Fsp3) is 1.00. The van der Waals surface area contributed by atoms with Crippen molar-refractivity contribution in [1.29, 1.82) is 0 Å². The van der Waals surface area contributed by atoms with Crippen LogP contribution in [-0.2, 0) is 0 Å². The molecule has 0 aliphatic heterocycles. The van der Waals surface area contributed by atoms with E-state index in [1.165, 1.54) is 59.2 Å². The smallest absolute Gasteiger partial charge is 0.0320 e. The van der Waals surface area contributed by atoms with E-state index in [1.807, 2.05) is 0 Å². The Morgan fingerprint density at radius 3 is 2.35 bits per heavy atom. The lowest BCUT2D eigenvalue weighted by molar-refractivity contribution is -0.264. The summed E-state index contributed by atoms with van der Waals surface area (Å²) in [6.45, 7) is 0. The fourth-order valence-electron chi connectivity index (χ4n) is 8.24. The van der Waals surface area contributed by atoms with Gasteiger partial charge in [0.2, 0.25) is 0 Å². The Hall–Kier alpha value is 0. The minimum Gasteiger partial charge on any atom is -0.0502 e. The van der Waals surface area contributed by atoms with Crippen LogP contribution in [0.2, 0.25) is 0 Å². The van der Waals surface area contributed by atoms with Crippen LogP contribution in [-0.4, -0.2) is 0 Å². The molecule has 6 aliphatic rings. The molecule has 0 nitrogen and oxygen atoms in total. The summed E-state index contributed by atoms with van der Waals surface area (Å²) < 4.78 is 0. The normalized spacial score (nSPS) is 73.4. The van der Waals surface area contributed by atoms with Crippen molar-refractivity contribution in [1.82, 2.24) is 0 Å². The molecular formula is C17H24. The molecule has 0 N–H and O–H groups in total.